The molecule has 0 spiro atoms. The van der Waals surface area contributed by atoms with E-state index < -0.39 is 0 Å². The van der Waals surface area contributed by atoms with Crippen molar-refractivity contribution in [2.45, 2.75) is 13.0 Å². The Morgan fingerprint density at radius 2 is 1.74 bits per heavy atom. The van der Waals surface area contributed by atoms with E-state index in [0.717, 1.165) is 26.9 Å². The van der Waals surface area contributed by atoms with Crippen molar-refractivity contribution in [3.8, 4) is 5.75 Å². The van der Waals surface area contributed by atoms with Crippen molar-refractivity contribution in [1.82, 2.24) is 5.43 Å². The molecule has 1 amide bonds. The summed E-state index contributed by atoms with van der Waals surface area (Å²) in [5, 5.41) is 4.03. The molecule has 3 rings (SSSR count). The zero-order valence-corrected chi connectivity index (χ0v) is 16.2. The number of nitrogens with zero attached hydrogens (tertiary/aromatic N) is 1. The van der Waals surface area contributed by atoms with Crippen LogP contribution in [0.2, 0.25) is 0 Å². The van der Waals surface area contributed by atoms with Gasteiger partial charge in [-0.1, -0.05) is 70.5 Å². The SMILES string of the molecule is O=C(Cc1ccc(Br)cc1)N/N=C\c1cccc(OCc2ccccc2)c1. The van der Waals surface area contributed by atoms with Gasteiger partial charge in [0.15, 0.2) is 0 Å². The Bertz CT molecular complexity index is 909. The van der Waals surface area contributed by atoms with E-state index in [1.807, 2.05) is 78.9 Å². The Morgan fingerprint density at radius 1 is 0.963 bits per heavy atom. The van der Waals surface area contributed by atoms with Crippen LogP contribution in [0.1, 0.15) is 16.7 Å². The minimum atomic E-state index is -0.162. The van der Waals surface area contributed by atoms with Crippen molar-refractivity contribution in [1.29, 1.82) is 0 Å². The highest BCUT2D eigenvalue weighted by Gasteiger charge is 2.02. The molecule has 0 aliphatic rings. The molecule has 0 radical (unpaired) electrons. The summed E-state index contributed by atoms with van der Waals surface area (Å²) >= 11 is 3.38. The average Bonchev–Trinajstić information content (AvgIpc) is 2.69. The molecule has 1 N–H and O–H groups in total. The summed E-state index contributed by atoms with van der Waals surface area (Å²) in [5.74, 6) is 0.592. The summed E-state index contributed by atoms with van der Waals surface area (Å²) in [7, 11) is 0. The minimum Gasteiger partial charge on any atom is -0.489 e. The van der Waals surface area contributed by atoms with Gasteiger partial charge < -0.3 is 4.74 Å². The van der Waals surface area contributed by atoms with E-state index in [1.165, 1.54) is 0 Å². The van der Waals surface area contributed by atoms with Crippen LogP contribution in [0, 0.1) is 0 Å². The predicted octanol–water partition coefficient (Wildman–Crippen LogP) is 4.72. The van der Waals surface area contributed by atoms with E-state index in [-0.39, 0.29) is 12.3 Å². The van der Waals surface area contributed by atoms with Crippen molar-refractivity contribution >= 4 is 28.1 Å². The molecular formula is C22H19BrN2O2. The van der Waals surface area contributed by atoms with Crippen LogP contribution in [0.4, 0.5) is 0 Å². The molecule has 0 fully saturated rings. The second-order valence-corrected chi connectivity index (χ2v) is 6.86. The van der Waals surface area contributed by atoms with E-state index in [1.54, 1.807) is 6.21 Å². The third kappa shape index (κ3) is 6.38. The third-order valence-corrected chi connectivity index (χ3v) is 4.32. The smallest absolute Gasteiger partial charge is 0.244 e. The standard InChI is InChI=1S/C22H19BrN2O2/c23-20-11-9-17(10-12-20)14-22(26)25-24-15-19-7-4-8-21(13-19)27-16-18-5-2-1-3-6-18/h1-13,15H,14,16H2,(H,25,26)/b24-15-. The first-order valence-corrected chi connectivity index (χ1v) is 9.31. The number of carbonyl (C=O) groups is 1. The zero-order valence-electron chi connectivity index (χ0n) is 14.6. The molecule has 0 atom stereocenters. The maximum atomic E-state index is 12.0. The molecule has 3 aromatic carbocycles. The van der Waals surface area contributed by atoms with Crippen molar-refractivity contribution in [3.05, 3.63) is 100 Å². The number of hydrogen-bond donors (Lipinski definition) is 1. The first kappa shape index (κ1) is 18.9. The maximum Gasteiger partial charge on any atom is 0.244 e. The molecular weight excluding hydrogens is 404 g/mol. The maximum absolute atomic E-state index is 12.0. The van der Waals surface area contributed by atoms with Gasteiger partial charge in [0, 0.05) is 4.47 Å². The number of amides is 1. The first-order chi connectivity index (χ1) is 13.2. The number of carbonyl (C=O) groups excluding carboxylic acids is 1. The molecule has 0 bridgehead atoms. The first-order valence-electron chi connectivity index (χ1n) is 8.52. The van der Waals surface area contributed by atoms with Crippen LogP contribution in [-0.4, -0.2) is 12.1 Å². The molecule has 0 aliphatic heterocycles. The molecule has 4 nitrogen and oxygen atoms in total. The van der Waals surface area contributed by atoms with Gasteiger partial charge in [-0.2, -0.15) is 5.10 Å². The summed E-state index contributed by atoms with van der Waals surface area (Å²) in [6.45, 7) is 0.505. The molecule has 0 unspecified atom stereocenters. The largest absolute Gasteiger partial charge is 0.489 e. The monoisotopic (exact) mass is 422 g/mol. The lowest BCUT2D eigenvalue weighted by Crippen LogP contribution is -2.19. The van der Waals surface area contributed by atoms with Gasteiger partial charge in [0.2, 0.25) is 5.91 Å². The van der Waals surface area contributed by atoms with E-state index in [0.29, 0.717) is 6.61 Å². The lowest BCUT2D eigenvalue weighted by Gasteiger charge is -2.06. The Kier molecular flexibility index (Phi) is 6.77. The zero-order chi connectivity index (χ0) is 18.9. The van der Waals surface area contributed by atoms with Gasteiger partial charge in [-0.05, 0) is 41.0 Å². The van der Waals surface area contributed by atoms with Gasteiger partial charge in [0.25, 0.3) is 0 Å². The van der Waals surface area contributed by atoms with Gasteiger partial charge in [-0.3, -0.25) is 4.79 Å². The van der Waals surface area contributed by atoms with Gasteiger partial charge in [-0.25, -0.2) is 5.43 Å². The fourth-order valence-corrected chi connectivity index (χ4v) is 2.70. The second kappa shape index (κ2) is 9.69. The van der Waals surface area contributed by atoms with Crippen LogP contribution in [0.25, 0.3) is 0 Å². The van der Waals surface area contributed by atoms with Crippen LogP contribution in [0.3, 0.4) is 0 Å². The van der Waals surface area contributed by atoms with Crippen molar-refractivity contribution in [2.24, 2.45) is 5.10 Å². The highest BCUT2D eigenvalue weighted by atomic mass is 79.9. The normalized spacial score (nSPS) is 10.7. The summed E-state index contributed by atoms with van der Waals surface area (Å²) in [4.78, 5) is 12.0. The number of rotatable bonds is 7. The Morgan fingerprint density at radius 3 is 2.52 bits per heavy atom. The van der Waals surface area contributed by atoms with Gasteiger partial charge in [0.1, 0.15) is 12.4 Å². The summed E-state index contributed by atoms with van der Waals surface area (Å²) in [6.07, 6.45) is 1.89. The van der Waals surface area contributed by atoms with Gasteiger partial charge in [0.05, 0.1) is 12.6 Å². The fraction of sp³-hybridized carbons (Fsp3) is 0.0909. The lowest BCUT2D eigenvalue weighted by molar-refractivity contribution is -0.120. The van der Waals surface area contributed by atoms with Crippen LogP contribution >= 0.6 is 15.9 Å². The highest BCUT2D eigenvalue weighted by Crippen LogP contribution is 2.14. The molecule has 136 valence electrons. The topological polar surface area (TPSA) is 50.7 Å². The lowest BCUT2D eigenvalue weighted by atomic mass is 10.1. The molecule has 0 saturated heterocycles. The number of hydrogen-bond acceptors (Lipinski definition) is 3. The number of ether oxygens (including phenoxy) is 1. The van der Waals surface area contributed by atoms with Crippen LogP contribution in [0.15, 0.2) is 88.4 Å². The average molecular weight is 423 g/mol. The Labute approximate surface area is 167 Å². The number of nitrogens with one attached hydrogen (secondary N) is 1. The van der Waals surface area contributed by atoms with Crippen molar-refractivity contribution in [3.63, 3.8) is 0 Å². The highest BCUT2D eigenvalue weighted by molar-refractivity contribution is 9.10. The quantitative estimate of drug-likeness (QED) is 0.442. The molecule has 0 heterocycles. The van der Waals surface area contributed by atoms with Crippen molar-refractivity contribution in [2.75, 3.05) is 0 Å². The van der Waals surface area contributed by atoms with E-state index >= 15 is 0 Å². The van der Waals surface area contributed by atoms with Gasteiger partial charge in [-0.15, -0.1) is 0 Å². The number of benzene rings is 3. The van der Waals surface area contributed by atoms with Crippen LogP contribution < -0.4 is 10.2 Å². The van der Waals surface area contributed by atoms with E-state index in [4.69, 9.17) is 4.74 Å². The summed E-state index contributed by atoms with van der Waals surface area (Å²) in [5.41, 5.74) is 5.44. The summed E-state index contributed by atoms with van der Waals surface area (Å²) in [6, 6.07) is 25.2. The van der Waals surface area contributed by atoms with Crippen LogP contribution in [0.5, 0.6) is 5.75 Å². The van der Waals surface area contributed by atoms with Crippen LogP contribution in [-0.2, 0) is 17.8 Å². The molecule has 27 heavy (non-hydrogen) atoms. The molecule has 3 aromatic rings. The number of halogens is 1. The summed E-state index contributed by atoms with van der Waals surface area (Å²) < 4.78 is 6.78. The molecule has 0 saturated carbocycles. The minimum absolute atomic E-state index is 0.162. The Hall–Kier alpha value is -2.92. The predicted molar refractivity (Wildman–Crippen MR) is 111 cm³/mol. The molecule has 0 aliphatic carbocycles. The molecule has 5 heteroatoms. The Balaban J connectivity index is 1.51. The fourth-order valence-electron chi connectivity index (χ4n) is 2.43. The third-order valence-electron chi connectivity index (χ3n) is 3.79. The second-order valence-electron chi connectivity index (χ2n) is 5.94. The van der Waals surface area contributed by atoms with Gasteiger partial charge >= 0.3 is 0 Å². The molecule has 0 aromatic heterocycles. The van der Waals surface area contributed by atoms with E-state index in [9.17, 15) is 4.79 Å². The van der Waals surface area contributed by atoms with Crippen molar-refractivity contribution < 1.29 is 9.53 Å². The number of hydrazone groups is 1. The van der Waals surface area contributed by atoms with E-state index in [2.05, 4.69) is 26.5 Å².